The molecule has 3 aromatic carbocycles. The smallest absolute Gasteiger partial charge is 0.264 e. The SMILES string of the molecule is CCOc1ccc(N(CC(=O)Nc2c(C)cccc2CC)S(=O)(=O)c2ccc(SC)cc2)cc1. The van der Waals surface area contributed by atoms with Crippen molar-refractivity contribution in [1.29, 1.82) is 0 Å². The van der Waals surface area contributed by atoms with Crippen molar-refractivity contribution in [3.8, 4) is 5.75 Å². The van der Waals surface area contributed by atoms with Crippen LogP contribution in [0, 0.1) is 6.92 Å². The molecule has 0 saturated carbocycles. The van der Waals surface area contributed by atoms with E-state index in [2.05, 4.69) is 5.32 Å². The number of amides is 1. The van der Waals surface area contributed by atoms with Crippen LogP contribution in [0.25, 0.3) is 0 Å². The second-order valence-corrected chi connectivity index (χ2v) is 10.4. The van der Waals surface area contributed by atoms with Crippen molar-refractivity contribution < 1.29 is 17.9 Å². The van der Waals surface area contributed by atoms with Crippen molar-refractivity contribution in [3.63, 3.8) is 0 Å². The van der Waals surface area contributed by atoms with E-state index in [1.165, 1.54) is 11.8 Å². The van der Waals surface area contributed by atoms with E-state index in [0.717, 1.165) is 32.4 Å². The predicted molar refractivity (Wildman–Crippen MR) is 140 cm³/mol. The number of benzene rings is 3. The average Bonchev–Trinajstić information content (AvgIpc) is 2.84. The Morgan fingerprint density at radius 3 is 2.26 bits per heavy atom. The molecule has 0 heterocycles. The van der Waals surface area contributed by atoms with Crippen molar-refractivity contribution in [3.05, 3.63) is 77.9 Å². The molecular formula is C26H30N2O4S2. The fourth-order valence-electron chi connectivity index (χ4n) is 3.58. The second kappa shape index (κ2) is 11.4. The van der Waals surface area contributed by atoms with Gasteiger partial charge in [0.15, 0.2) is 0 Å². The number of para-hydroxylation sites is 1. The van der Waals surface area contributed by atoms with E-state index < -0.39 is 15.9 Å². The number of aryl methyl sites for hydroxylation is 2. The number of carbonyl (C=O) groups excluding carboxylic acids is 1. The fraction of sp³-hybridized carbons (Fsp3) is 0.269. The zero-order valence-corrected chi connectivity index (χ0v) is 21.5. The highest BCUT2D eigenvalue weighted by molar-refractivity contribution is 7.98. The summed E-state index contributed by atoms with van der Waals surface area (Å²) in [6.07, 6.45) is 2.68. The Labute approximate surface area is 206 Å². The van der Waals surface area contributed by atoms with Crippen LogP contribution in [0.5, 0.6) is 5.75 Å². The Balaban J connectivity index is 1.97. The topological polar surface area (TPSA) is 75.7 Å². The first kappa shape index (κ1) is 25.6. The summed E-state index contributed by atoms with van der Waals surface area (Å²) in [4.78, 5) is 14.2. The summed E-state index contributed by atoms with van der Waals surface area (Å²) < 4.78 is 33.9. The van der Waals surface area contributed by atoms with Crippen LogP contribution in [0.3, 0.4) is 0 Å². The van der Waals surface area contributed by atoms with Crippen molar-refractivity contribution in [2.24, 2.45) is 0 Å². The molecule has 0 aliphatic carbocycles. The van der Waals surface area contributed by atoms with Gasteiger partial charge in [0.2, 0.25) is 5.91 Å². The van der Waals surface area contributed by atoms with E-state index >= 15 is 0 Å². The minimum absolute atomic E-state index is 0.122. The van der Waals surface area contributed by atoms with Crippen LogP contribution in [0.1, 0.15) is 25.0 Å². The van der Waals surface area contributed by atoms with Crippen LogP contribution in [-0.2, 0) is 21.2 Å². The molecule has 8 heteroatoms. The fourth-order valence-corrected chi connectivity index (χ4v) is 5.41. The molecule has 180 valence electrons. The Morgan fingerprint density at radius 2 is 1.68 bits per heavy atom. The molecule has 0 fully saturated rings. The largest absolute Gasteiger partial charge is 0.494 e. The summed E-state index contributed by atoms with van der Waals surface area (Å²) in [6.45, 7) is 5.95. The van der Waals surface area contributed by atoms with Gasteiger partial charge >= 0.3 is 0 Å². The summed E-state index contributed by atoms with van der Waals surface area (Å²) in [5.41, 5.74) is 3.03. The van der Waals surface area contributed by atoms with Crippen molar-refractivity contribution in [2.75, 3.05) is 29.0 Å². The molecule has 0 unspecified atom stereocenters. The molecule has 6 nitrogen and oxygen atoms in total. The summed E-state index contributed by atoms with van der Waals surface area (Å²) in [6, 6.07) is 19.2. The molecule has 34 heavy (non-hydrogen) atoms. The Hall–Kier alpha value is -2.97. The van der Waals surface area contributed by atoms with Gasteiger partial charge in [-0.15, -0.1) is 11.8 Å². The van der Waals surface area contributed by atoms with Crippen molar-refractivity contribution in [1.82, 2.24) is 0 Å². The van der Waals surface area contributed by atoms with Gasteiger partial charge in [0, 0.05) is 10.6 Å². The molecule has 0 aliphatic heterocycles. The number of hydrogen-bond donors (Lipinski definition) is 1. The number of nitrogens with zero attached hydrogens (tertiary/aromatic N) is 1. The van der Waals surface area contributed by atoms with E-state index in [-0.39, 0.29) is 11.4 Å². The number of thioether (sulfide) groups is 1. The van der Waals surface area contributed by atoms with Crippen molar-refractivity contribution >= 4 is 39.1 Å². The van der Waals surface area contributed by atoms with Crippen LogP contribution in [0.15, 0.2) is 76.5 Å². The average molecular weight is 499 g/mol. The molecule has 0 saturated heterocycles. The van der Waals surface area contributed by atoms with Gasteiger partial charge in [-0.25, -0.2) is 8.42 Å². The maximum Gasteiger partial charge on any atom is 0.264 e. The van der Waals surface area contributed by atoms with E-state index in [4.69, 9.17) is 4.74 Å². The molecule has 1 amide bonds. The van der Waals surface area contributed by atoms with E-state index in [0.29, 0.717) is 18.0 Å². The molecular weight excluding hydrogens is 468 g/mol. The standard InChI is InChI=1S/C26H30N2O4S2/c1-5-20-9-7-8-19(3)26(20)27-25(29)18-28(21-10-12-22(13-11-21)32-6-2)34(30,31)24-16-14-23(33-4)15-17-24/h7-17H,5-6,18H2,1-4H3,(H,27,29). The Bertz CT molecular complexity index is 1220. The molecule has 0 spiro atoms. The van der Waals surface area contributed by atoms with Gasteiger partial charge in [-0.3, -0.25) is 9.10 Å². The van der Waals surface area contributed by atoms with E-state index in [1.807, 2.05) is 45.2 Å². The first-order chi connectivity index (χ1) is 16.3. The van der Waals surface area contributed by atoms with Crippen molar-refractivity contribution in [2.45, 2.75) is 37.0 Å². The molecule has 0 bridgehead atoms. The maximum atomic E-state index is 13.6. The van der Waals surface area contributed by atoms with E-state index in [1.54, 1.807) is 48.5 Å². The lowest BCUT2D eigenvalue weighted by Crippen LogP contribution is -2.38. The molecule has 0 radical (unpaired) electrons. The van der Waals surface area contributed by atoms with Gasteiger partial charge in [0.25, 0.3) is 10.0 Å². The van der Waals surface area contributed by atoms with Gasteiger partial charge in [0.1, 0.15) is 12.3 Å². The van der Waals surface area contributed by atoms with Crippen LogP contribution in [-0.4, -0.2) is 33.7 Å². The number of hydrogen-bond acceptors (Lipinski definition) is 5. The van der Waals surface area contributed by atoms with Crippen LogP contribution in [0.2, 0.25) is 0 Å². The monoisotopic (exact) mass is 498 g/mol. The van der Waals surface area contributed by atoms with Gasteiger partial charge in [0.05, 0.1) is 17.2 Å². The molecule has 0 aliphatic rings. The van der Waals surface area contributed by atoms with Crippen LogP contribution < -0.4 is 14.4 Å². The minimum atomic E-state index is -3.99. The number of nitrogens with one attached hydrogen (secondary N) is 1. The maximum absolute atomic E-state index is 13.6. The van der Waals surface area contributed by atoms with Crippen LogP contribution >= 0.6 is 11.8 Å². The molecule has 0 aromatic heterocycles. The number of ether oxygens (including phenoxy) is 1. The quantitative estimate of drug-likeness (QED) is 0.373. The summed E-state index contributed by atoms with van der Waals surface area (Å²) >= 11 is 1.53. The highest BCUT2D eigenvalue weighted by atomic mass is 32.2. The van der Waals surface area contributed by atoms with Gasteiger partial charge in [-0.1, -0.05) is 25.1 Å². The number of rotatable bonds is 10. The number of anilines is 2. The zero-order chi connectivity index (χ0) is 24.7. The van der Waals surface area contributed by atoms with Gasteiger partial charge < -0.3 is 10.1 Å². The lowest BCUT2D eigenvalue weighted by molar-refractivity contribution is -0.114. The molecule has 3 rings (SSSR count). The summed E-state index contributed by atoms with van der Waals surface area (Å²) in [7, 11) is -3.99. The molecule has 3 aromatic rings. The zero-order valence-electron chi connectivity index (χ0n) is 19.9. The van der Waals surface area contributed by atoms with Gasteiger partial charge in [-0.05, 0) is 86.2 Å². The minimum Gasteiger partial charge on any atom is -0.494 e. The third-order valence-electron chi connectivity index (χ3n) is 5.37. The number of carbonyl (C=O) groups is 1. The first-order valence-electron chi connectivity index (χ1n) is 11.1. The highest BCUT2D eigenvalue weighted by Gasteiger charge is 2.27. The lowest BCUT2D eigenvalue weighted by atomic mass is 10.1. The summed E-state index contributed by atoms with van der Waals surface area (Å²) in [5, 5.41) is 2.93. The lowest BCUT2D eigenvalue weighted by Gasteiger charge is -2.25. The Morgan fingerprint density at radius 1 is 1.00 bits per heavy atom. The Kier molecular flexibility index (Phi) is 8.63. The first-order valence-corrected chi connectivity index (χ1v) is 13.7. The second-order valence-electron chi connectivity index (χ2n) is 7.62. The van der Waals surface area contributed by atoms with E-state index in [9.17, 15) is 13.2 Å². The molecule has 0 atom stereocenters. The third-order valence-corrected chi connectivity index (χ3v) is 7.91. The van der Waals surface area contributed by atoms with Crippen LogP contribution in [0.4, 0.5) is 11.4 Å². The van der Waals surface area contributed by atoms with Gasteiger partial charge in [-0.2, -0.15) is 0 Å². The molecule has 1 N–H and O–H groups in total. The number of sulfonamides is 1. The highest BCUT2D eigenvalue weighted by Crippen LogP contribution is 2.28. The predicted octanol–water partition coefficient (Wildman–Crippen LogP) is 5.51. The normalized spacial score (nSPS) is 11.2. The summed E-state index contributed by atoms with van der Waals surface area (Å²) in [5.74, 6) is 0.215. The third kappa shape index (κ3) is 5.93.